The second-order valence-corrected chi connectivity index (χ2v) is 3.14. The molecule has 0 aromatic rings. The molecule has 1 rings (SSSR count). The van der Waals surface area contributed by atoms with Gasteiger partial charge in [0.05, 0.1) is 22.6 Å². The third kappa shape index (κ3) is 1.23. The molecule has 0 saturated heterocycles. The van der Waals surface area contributed by atoms with Gasteiger partial charge in [-0.25, -0.2) is 0 Å². The second-order valence-electron chi connectivity index (χ2n) is 3.14. The maximum atomic E-state index is 7.73. The van der Waals surface area contributed by atoms with Gasteiger partial charge in [-0.2, -0.15) is 0 Å². The van der Waals surface area contributed by atoms with Crippen LogP contribution in [0.4, 0.5) is 0 Å². The summed E-state index contributed by atoms with van der Waals surface area (Å²) in [7, 11) is 0. The highest BCUT2D eigenvalue weighted by atomic mass is 14.5. The van der Waals surface area contributed by atoms with Gasteiger partial charge in [0.25, 0.3) is 0 Å². The van der Waals surface area contributed by atoms with Crippen LogP contribution in [0.15, 0.2) is 22.8 Å². The van der Waals surface area contributed by atoms with Crippen LogP contribution in [0, 0.1) is 11.3 Å². The lowest BCUT2D eigenvalue weighted by molar-refractivity contribution is 1.16. The average Bonchev–Trinajstić information content (AvgIpc) is 1.97. The van der Waals surface area contributed by atoms with E-state index in [2.05, 4.69) is 19.9 Å². The summed E-state index contributed by atoms with van der Waals surface area (Å²) < 4.78 is 0. The van der Waals surface area contributed by atoms with E-state index in [0.29, 0.717) is 5.71 Å². The molecule has 0 atom stereocenters. The van der Waals surface area contributed by atoms with Crippen molar-refractivity contribution in [2.24, 2.45) is 0 Å². The van der Waals surface area contributed by atoms with Crippen LogP contribution < -0.4 is 0 Å². The molecule has 0 aromatic heterocycles. The van der Waals surface area contributed by atoms with E-state index in [0.717, 1.165) is 11.5 Å². The van der Waals surface area contributed by atoms with Gasteiger partial charge in [0, 0.05) is 19.9 Å². The van der Waals surface area contributed by atoms with Crippen molar-refractivity contribution < 1.29 is 0 Å². The van der Waals surface area contributed by atoms with E-state index in [1.165, 1.54) is 11.1 Å². The van der Waals surface area contributed by atoms with Crippen LogP contribution in [-0.2, 0) is 0 Å². The summed E-state index contributed by atoms with van der Waals surface area (Å²) in [5, 5.41) is 7.73. The zero-order valence-corrected chi connectivity index (χ0v) is 7.58. The lowest BCUT2D eigenvalue weighted by Gasteiger charge is -2.11. The smallest absolute Gasteiger partial charge is 0.171 e. The van der Waals surface area contributed by atoms with Gasteiger partial charge in [-0.1, -0.05) is 0 Å². The lowest BCUT2D eigenvalue weighted by Crippen LogP contribution is -2.15. The highest BCUT2D eigenvalue weighted by molar-refractivity contribution is 6.11. The van der Waals surface area contributed by atoms with Crippen LogP contribution >= 0.6 is 0 Å². The zero-order chi connectivity index (χ0) is 8.59. The van der Waals surface area contributed by atoms with Crippen LogP contribution in [-0.4, -0.2) is 5.71 Å². The number of rotatable bonds is 0. The van der Waals surface area contributed by atoms with E-state index < -0.39 is 0 Å². The van der Waals surface area contributed by atoms with Crippen molar-refractivity contribution in [2.75, 3.05) is 0 Å². The summed E-state index contributed by atoms with van der Waals surface area (Å²) in [6.45, 7) is 8.12. The van der Waals surface area contributed by atoms with Gasteiger partial charge in [0.1, 0.15) is 0 Å². The van der Waals surface area contributed by atoms with Gasteiger partial charge in [-0.15, -0.1) is 0 Å². The Morgan fingerprint density at radius 1 is 1.27 bits per heavy atom. The molecule has 1 aliphatic carbocycles. The fraction of sp³-hybridized carbons (Fsp3) is 0.400. The van der Waals surface area contributed by atoms with Gasteiger partial charge in [0.2, 0.25) is 0 Å². The fourth-order valence-corrected chi connectivity index (χ4v) is 1.22. The fourth-order valence-electron chi connectivity index (χ4n) is 1.22. The first-order valence-electron chi connectivity index (χ1n) is 3.83. The molecule has 11 heavy (non-hydrogen) atoms. The number of hydrogen-bond acceptors (Lipinski definition) is 1. The number of hydrogen-bond donors (Lipinski definition) is 1. The first-order chi connectivity index (χ1) is 5.04. The molecule has 0 saturated carbocycles. The lowest BCUT2D eigenvalue weighted by atomic mass is 9.85. The van der Waals surface area contributed by atoms with Crippen LogP contribution in [0.2, 0.25) is 0 Å². The Morgan fingerprint density at radius 2 is 1.82 bits per heavy atom. The van der Waals surface area contributed by atoms with Gasteiger partial charge in [0.15, 0.2) is 5.71 Å². The topological polar surface area (TPSA) is 23.9 Å². The molecule has 58 valence electrons. The molecule has 1 aliphatic rings. The molecule has 0 amide bonds. The van der Waals surface area contributed by atoms with Crippen LogP contribution in [0.25, 0.3) is 0 Å². The monoisotopic (exact) mass is 148 g/mol. The maximum Gasteiger partial charge on any atom is 0.171 e. The molecule has 0 unspecified atom stereocenters. The SMILES string of the molecule is CC1=CC(C)=C(C)C(=N)[C+]1C. The summed E-state index contributed by atoms with van der Waals surface area (Å²) >= 11 is 0. The Bertz CT molecular complexity index is 254. The van der Waals surface area contributed by atoms with Crippen molar-refractivity contribution >= 4 is 5.71 Å². The molecular formula is C10H14N+. The minimum absolute atomic E-state index is 0.697. The zero-order valence-electron chi connectivity index (χ0n) is 7.58. The third-order valence-electron chi connectivity index (χ3n) is 2.37. The van der Waals surface area contributed by atoms with E-state index in [1.807, 2.05) is 13.8 Å². The molecule has 0 radical (unpaired) electrons. The molecule has 0 spiro atoms. The molecule has 0 heterocycles. The number of nitrogens with one attached hydrogen (secondary N) is 1. The summed E-state index contributed by atoms with van der Waals surface area (Å²) in [5.74, 6) is 1.10. The Balaban J connectivity index is 3.11. The Labute approximate surface area is 68.3 Å². The Morgan fingerprint density at radius 3 is 2.36 bits per heavy atom. The van der Waals surface area contributed by atoms with Crippen LogP contribution in [0.3, 0.4) is 0 Å². The van der Waals surface area contributed by atoms with Crippen molar-refractivity contribution in [1.82, 2.24) is 0 Å². The van der Waals surface area contributed by atoms with E-state index in [4.69, 9.17) is 5.41 Å². The molecule has 1 N–H and O–H groups in total. The van der Waals surface area contributed by atoms with Gasteiger partial charge >= 0.3 is 0 Å². The van der Waals surface area contributed by atoms with Crippen molar-refractivity contribution in [1.29, 1.82) is 5.41 Å². The summed E-state index contributed by atoms with van der Waals surface area (Å²) in [4.78, 5) is 0. The Hall–Kier alpha value is -0.980. The van der Waals surface area contributed by atoms with Crippen LogP contribution in [0.5, 0.6) is 0 Å². The van der Waals surface area contributed by atoms with Crippen molar-refractivity contribution in [3.05, 3.63) is 28.7 Å². The molecule has 0 aromatic carbocycles. The highest BCUT2D eigenvalue weighted by Gasteiger charge is 2.27. The summed E-state index contributed by atoms with van der Waals surface area (Å²) in [6.07, 6.45) is 2.14. The minimum atomic E-state index is 0.697. The summed E-state index contributed by atoms with van der Waals surface area (Å²) in [5.41, 5.74) is 4.24. The van der Waals surface area contributed by atoms with Crippen LogP contribution in [0.1, 0.15) is 27.7 Å². The van der Waals surface area contributed by atoms with Crippen molar-refractivity contribution in [3.8, 4) is 0 Å². The summed E-state index contributed by atoms with van der Waals surface area (Å²) in [6, 6.07) is 0. The average molecular weight is 148 g/mol. The number of allylic oxidation sites excluding steroid dienone is 4. The molecule has 0 fully saturated rings. The predicted molar refractivity (Wildman–Crippen MR) is 48.8 cm³/mol. The van der Waals surface area contributed by atoms with Gasteiger partial charge in [-0.3, -0.25) is 5.41 Å². The third-order valence-corrected chi connectivity index (χ3v) is 2.37. The second kappa shape index (κ2) is 2.57. The minimum Gasteiger partial charge on any atom is -0.275 e. The maximum absolute atomic E-state index is 7.73. The Kier molecular flexibility index (Phi) is 1.90. The molecule has 0 aliphatic heterocycles. The largest absolute Gasteiger partial charge is 0.275 e. The first kappa shape index (κ1) is 8.12. The molecule has 1 heteroatoms. The van der Waals surface area contributed by atoms with Crippen molar-refractivity contribution in [3.63, 3.8) is 0 Å². The normalized spacial score (nSPS) is 19.1. The van der Waals surface area contributed by atoms with Gasteiger partial charge in [-0.05, 0) is 13.8 Å². The van der Waals surface area contributed by atoms with Gasteiger partial charge < -0.3 is 0 Å². The molecular weight excluding hydrogens is 134 g/mol. The van der Waals surface area contributed by atoms with E-state index in [9.17, 15) is 0 Å². The standard InChI is InChI=1S/C10H14N/c1-6-5-7(2)9(4)10(11)8(6)3/h5,11H,1-4H3/q+1. The molecule has 0 bridgehead atoms. The predicted octanol–water partition coefficient (Wildman–Crippen LogP) is 2.90. The molecule has 1 nitrogen and oxygen atoms in total. The van der Waals surface area contributed by atoms with E-state index in [-0.39, 0.29) is 0 Å². The van der Waals surface area contributed by atoms with E-state index >= 15 is 0 Å². The highest BCUT2D eigenvalue weighted by Crippen LogP contribution is 2.26. The quantitative estimate of drug-likeness (QED) is 0.511. The first-order valence-corrected chi connectivity index (χ1v) is 3.83. The van der Waals surface area contributed by atoms with Crippen molar-refractivity contribution in [2.45, 2.75) is 27.7 Å². The van der Waals surface area contributed by atoms with E-state index in [1.54, 1.807) is 0 Å².